The summed E-state index contributed by atoms with van der Waals surface area (Å²) in [5.41, 5.74) is 1.01. The number of aryl methyl sites for hydroxylation is 1. The summed E-state index contributed by atoms with van der Waals surface area (Å²) in [4.78, 5) is 26.7. The number of carbonyl (C=O) groups is 1. The standard InChI is InChI=1S/C18H21N5O4/c1-4-13-8-25-18(24)23(13)17-21-11(3)20-16(22-17)19-10(2)12-5-6-14-15(7-12)27-9-26-14/h5-7,10,13H,4,8-9H2,1-3H3,(H,19,20,21,22)/t10-,13-/m0/s1. The Morgan fingerprint density at radius 1 is 1.22 bits per heavy atom. The number of aromatic nitrogens is 3. The first-order valence-corrected chi connectivity index (χ1v) is 8.90. The lowest BCUT2D eigenvalue weighted by molar-refractivity contribution is 0.174. The fraction of sp³-hybridized carbons (Fsp3) is 0.444. The molecule has 1 saturated heterocycles. The van der Waals surface area contributed by atoms with Crippen molar-refractivity contribution in [2.45, 2.75) is 39.3 Å². The third-order valence-electron chi connectivity index (χ3n) is 4.63. The quantitative estimate of drug-likeness (QED) is 0.857. The Bertz CT molecular complexity index is 875. The number of rotatable bonds is 5. The van der Waals surface area contributed by atoms with Gasteiger partial charge in [0, 0.05) is 0 Å². The van der Waals surface area contributed by atoms with E-state index in [4.69, 9.17) is 14.2 Å². The van der Waals surface area contributed by atoms with Gasteiger partial charge in [0.05, 0.1) is 12.1 Å². The van der Waals surface area contributed by atoms with Crippen LogP contribution in [0.25, 0.3) is 0 Å². The highest BCUT2D eigenvalue weighted by Crippen LogP contribution is 2.34. The van der Waals surface area contributed by atoms with Gasteiger partial charge in [-0.05, 0) is 38.0 Å². The minimum absolute atomic E-state index is 0.0709. The molecule has 27 heavy (non-hydrogen) atoms. The van der Waals surface area contributed by atoms with Gasteiger partial charge in [0.2, 0.25) is 18.7 Å². The van der Waals surface area contributed by atoms with E-state index in [1.54, 1.807) is 6.92 Å². The van der Waals surface area contributed by atoms with Gasteiger partial charge < -0.3 is 19.5 Å². The Morgan fingerprint density at radius 2 is 2.04 bits per heavy atom. The van der Waals surface area contributed by atoms with Crippen molar-refractivity contribution in [1.82, 2.24) is 15.0 Å². The third kappa shape index (κ3) is 3.32. The summed E-state index contributed by atoms with van der Waals surface area (Å²) in [6.07, 6.45) is 0.328. The van der Waals surface area contributed by atoms with Crippen LogP contribution in [0, 0.1) is 6.92 Å². The highest BCUT2D eigenvalue weighted by molar-refractivity contribution is 5.88. The maximum atomic E-state index is 12.1. The molecule has 0 spiro atoms. The molecule has 1 aromatic heterocycles. The van der Waals surface area contributed by atoms with Crippen molar-refractivity contribution in [1.29, 1.82) is 0 Å². The summed E-state index contributed by atoms with van der Waals surface area (Å²) >= 11 is 0. The Morgan fingerprint density at radius 3 is 2.85 bits per heavy atom. The summed E-state index contributed by atoms with van der Waals surface area (Å²) in [7, 11) is 0. The number of amides is 1. The molecule has 9 heteroatoms. The molecule has 2 atom stereocenters. The number of ether oxygens (including phenoxy) is 3. The third-order valence-corrected chi connectivity index (χ3v) is 4.63. The maximum absolute atomic E-state index is 12.1. The van der Waals surface area contributed by atoms with Crippen LogP contribution in [0.2, 0.25) is 0 Å². The summed E-state index contributed by atoms with van der Waals surface area (Å²) in [6.45, 7) is 6.34. The minimum atomic E-state index is -0.429. The molecular weight excluding hydrogens is 350 g/mol. The largest absolute Gasteiger partial charge is 0.454 e. The second-order valence-electron chi connectivity index (χ2n) is 6.49. The lowest BCUT2D eigenvalue weighted by Crippen LogP contribution is -2.34. The van der Waals surface area contributed by atoms with Crippen molar-refractivity contribution < 1.29 is 19.0 Å². The summed E-state index contributed by atoms with van der Waals surface area (Å²) in [5, 5.41) is 3.26. The highest BCUT2D eigenvalue weighted by atomic mass is 16.7. The Labute approximate surface area is 156 Å². The summed E-state index contributed by atoms with van der Waals surface area (Å²) < 4.78 is 15.9. The van der Waals surface area contributed by atoms with E-state index in [1.165, 1.54) is 4.90 Å². The summed E-state index contributed by atoms with van der Waals surface area (Å²) in [5.74, 6) is 2.69. The molecule has 1 aromatic carbocycles. The molecule has 1 amide bonds. The van der Waals surface area contributed by atoms with Crippen molar-refractivity contribution >= 4 is 18.0 Å². The molecule has 0 unspecified atom stereocenters. The predicted molar refractivity (Wildman–Crippen MR) is 97.1 cm³/mol. The normalized spacial score (nSPS) is 19.1. The molecule has 1 N–H and O–H groups in total. The molecule has 2 aliphatic heterocycles. The van der Waals surface area contributed by atoms with Gasteiger partial charge in [0.1, 0.15) is 12.4 Å². The molecule has 0 saturated carbocycles. The zero-order valence-corrected chi connectivity index (χ0v) is 15.4. The second kappa shape index (κ2) is 6.90. The van der Waals surface area contributed by atoms with Gasteiger partial charge in [-0.3, -0.25) is 0 Å². The monoisotopic (exact) mass is 371 g/mol. The molecule has 9 nitrogen and oxygen atoms in total. The number of hydrogen-bond donors (Lipinski definition) is 1. The van der Waals surface area contributed by atoms with Crippen LogP contribution < -0.4 is 19.7 Å². The van der Waals surface area contributed by atoms with Crippen LogP contribution in [-0.4, -0.2) is 40.5 Å². The Hall–Kier alpha value is -3.10. The molecule has 1 fully saturated rings. The van der Waals surface area contributed by atoms with Crippen LogP contribution in [-0.2, 0) is 4.74 Å². The number of anilines is 2. The molecule has 3 heterocycles. The van der Waals surface area contributed by atoms with Gasteiger partial charge >= 0.3 is 6.09 Å². The average molecular weight is 371 g/mol. The van der Waals surface area contributed by atoms with Gasteiger partial charge in [0.15, 0.2) is 11.5 Å². The molecule has 142 valence electrons. The van der Waals surface area contributed by atoms with E-state index in [9.17, 15) is 4.79 Å². The lowest BCUT2D eigenvalue weighted by Gasteiger charge is -2.20. The number of benzene rings is 1. The molecule has 0 radical (unpaired) electrons. The number of carbonyl (C=O) groups excluding carboxylic acids is 1. The number of nitrogens with zero attached hydrogens (tertiary/aromatic N) is 4. The van der Waals surface area contributed by atoms with E-state index in [1.807, 2.05) is 32.0 Å². The fourth-order valence-corrected chi connectivity index (χ4v) is 3.11. The van der Waals surface area contributed by atoms with Crippen molar-refractivity contribution in [2.75, 3.05) is 23.6 Å². The van der Waals surface area contributed by atoms with Gasteiger partial charge in [-0.25, -0.2) is 9.69 Å². The van der Waals surface area contributed by atoms with Gasteiger partial charge in [-0.2, -0.15) is 15.0 Å². The summed E-state index contributed by atoms with van der Waals surface area (Å²) in [6, 6.07) is 5.62. The first-order chi connectivity index (χ1) is 13.0. The number of cyclic esters (lactones) is 1. The Balaban J connectivity index is 1.57. The van der Waals surface area contributed by atoms with Crippen molar-refractivity contribution in [2.24, 2.45) is 0 Å². The lowest BCUT2D eigenvalue weighted by atomic mass is 10.1. The van der Waals surface area contributed by atoms with Gasteiger partial charge in [-0.15, -0.1) is 0 Å². The molecule has 0 aliphatic carbocycles. The van der Waals surface area contributed by atoms with Crippen LogP contribution in [0.15, 0.2) is 18.2 Å². The number of nitrogens with one attached hydrogen (secondary N) is 1. The first kappa shape index (κ1) is 17.3. The van der Waals surface area contributed by atoms with Crippen LogP contribution in [0.4, 0.5) is 16.7 Å². The van der Waals surface area contributed by atoms with Crippen LogP contribution in [0.3, 0.4) is 0 Å². The molecule has 2 aromatic rings. The predicted octanol–water partition coefficient (Wildman–Crippen LogP) is 2.82. The minimum Gasteiger partial charge on any atom is -0.454 e. The highest BCUT2D eigenvalue weighted by Gasteiger charge is 2.35. The zero-order valence-electron chi connectivity index (χ0n) is 15.4. The van der Waals surface area contributed by atoms with Crippen LogP contribution >= 0.6 is 0 Å². The zero-order chi connectivity index (χ0) is 19.0. The Kier molecular flexibility index (Phi) is 4.43. The van der Waals surface area contributed by atoms with E-state index in [0.717, 1.165) is 23.5 Å². The average Bonchev–Trinajstić information content (AvgIpc) is 3.26. The smallest absolute Gasteiger partial charge is 0.417 e. The molecular formula is C18H21N5O4. The van der Waals surface area contributed by atoms with E-state index in [-0.39, 0.29) is 18.9 Å². The molecule has 4 rings (SSSR count). The van der Waals surface area contributed by atoms with E-state index in [2.05, 4.69) is 20.3 Å². The van der Waals surface area contributed by atoms with Gasteiger partial charge in [-0.1, -0.05) is 13.0 Å². The second-order valence-corrected chi connectivity index (χ2v) is 6.49. The van der Waals surface area contributed by atoms with Crippen LogP contribution in [0.5, 0.6) is 11.5 Å². The maximum Gasteiger partial charge on any atom is 0.417 e. The van der Waals surface area contributed by atoms with Crippen molar-refractivity contribution in [3.63, 3.8) is 0 Å². The fourth-order valence-electron chi connectivity index (χ4n) is 3.11. The van der Waals surface area contributed by atoms with E-state index >= 15 is 0 Å². The topological polar surface area (TPSA) is 98.7 Å². The SMILES string of the molecule is CC[C@H]1COC(=O)N1c1nc(C)nc(N[C@@H](C)c2ccc3c(c2)OCO3)n1. The number of hydrogen-bond acceptors (Lipinski definition) is 8. The number of fused-ring (bicyclic) bond motifs is 1. The van der Waals surface area contributed by atoms with Crippen molar-refractivity contribution in [3.8, 4) is 11.5 Å². The molecule has 0 bridgehead atoms. The van der Waals surface area contributed by atoms with E-state index < -0.39 is 6.09 Å². The first-order valence-electron chi connectivity index (χ1n) is 8.90. The van der Waals surface area contributed by atoms with Crippen LogP contribution in [0.1, 0.15) is 37.7 Å². The van der Waals surface area contributed by atoms with Crippen molar-refractivity contribution in [3.05, 3.63) is 29.6 Å². The van der Waals surface area contributed by atoms with Gasteiger partial charge in [0.25, 0.3) is 0 Å². The molecule has 2 aliphatic rings. The van der Waals surface area contributed by atoms with E-state index in [0.29, 0.717) is 24.3 Å².